The van der Waals surface area contributed by atoms with Crippen molar-refractivity contribution < 1.29 is 0 Å². The SMILES string of the molecule is CN(C1=CCC(c2ccc3ccccc3c2)C=C1)c1ccc(-n2c3ccccc3c3ccccc32)cc1.CN(c1ccc(-c2ccccc2)cc1)c1ccc2c3ccccc3n(-c3cccc4ccccc34)c2c1.CN(c1ccc(-n2c3ccccc3c3ccccc32)cc1)c1ccc2c(c1)C(C)(C)c1ccccc1-2.CN(c1ccccc1)c1ccc2c3ccccc3n(-c3cccc4ccccc34)c2c1. The van der Waals surface area contributed by atoms with Crippen LogP contribution in [-0.4, -0.2) is 46.5 Å². The number of hydrogen-bond acceptors (Lipinski definition) is 4. The van der Waals surface area contributed by atoms with Crippen LogP contribution in [0.3, 0.4) is 0 Å². The number of fused-ring (bicyclic) bond motifs is 18. The quantitative estimate of drug-likeness (QED) is 0.109. The summed E-state index contributed by atoms with van der Waals surface area (Å²) in [6.45, 7) is 4.67. The van der Waals surface area contributed by atoms with Gasteiger partial charge in [-0.15, -0.1) is 0 Å². The van der Waals surface area contributed by atoms with Gasteiger partial charge < -0.3 is 37.9 Å². The van der Waals surface area contributed by atoms with Crippen molar-refractivity contribution in [2.24, 2.45) is 0 Å². The number of likely N-dealkylation sites (N-methyl/N-ethyl adjacent to an activating group) is 1. The predicted octanol–water partition coefficient (Wildman–Crippen LogP) is 34.9. The van der Waals surface area contributed by atoms with E-state index >= 15 is 0 Å². The molecule has 2 aliphatic rings. The molecule has 2 aliphatic carbocycles. The van der Waals surface area contributed by atoms with Gasteiger partial charge in [-0.05, 0) is 231 Å². The maximum atomic E-state index is 2.42. The zero-order valence-corrected chi connectivity index (χ0v) is 79.8. The van der Waals surface area contributed by atoms with Crippen LogP contribution in [0, 0.1) is 0 Å². The molecule has 0 saturated heterocycles. The number of benzene rings is 21. The lowest BCUT2D eigenvalue weighted by Gasteiger charge is -2.25. The molecule has 21 aromatic carbocycles. The summed E-state index contributed by atoms with van der Waals surface area (Å²) in [6.07, 6.45) is 7.99. The van der Waals surface area contributed by atoms with Crippen LogP contribution in [0.5, 0.6) is 0 Å². The third kappa shape index (κ3) is 15.6. The second-order valence-electron chi connectivity index (χ2n) is 37.7. The Balaban J connectivity index is 0.000000102. The topological polar surface area (TPSA) is 32.7 Å². The first-order valence-corrected chi connectivity index (χ1v) is 48.9. The molecule has 0 radical (unpaired) electrons. The minimum Gasteiger partial charge on any atom is -0.345 e. The van der Waals surface area contributed by atoms with Gasteiger partial charge in [-0.2, -0.15) is 0 Å². The van der Waals surface area contributed by atoms with E-state index in [9.17, 15) is 0 Å². The van der Waals surface area contributed by atoms with Gasteiger partial charge in [-0.25, -0.2) is 0 Å². The first kappa shape index (κ1) is 86.1. The molecule has 8 nitrogen and oxygen atoms in total. The molecule has 8 heteroatoms. The van der Waals surface area contributed by atoms with Crippen LogP contribution in [0.2, 0.25) is 0 Å². The summed E-state index contributed by atoms with van der Waals surface area (Å²) in [6, 6.07) is 175. The number of hydrogen-bond donors (Lipinski definition) is 0. The second-order valence-corrected chi connectivity index (χ2v) is 37.7. The van der Waals surface area contributed by atoms with Crippen LogP contribution in [0.1, 0.15) is 42.9 Å². The van der Waals surface area contributed by atoms with Gasteiger partial charge in [0.15, 0.2) is 0 Å². The van der Waals surface area contributed by atoms with Gasteiger partial charge in [-0.3, -0.25) is 0 Å². The molecule has 0 fully saturated rings. The van der Waals surface area contributed by atoms with Gasteiger partial charge in [0.05, 0.1) is 55.5 Å². The minimum absolute atomic E-state index is 0.00314. The van der Waals surface area contributed by atoms with Crippen molar-refractivity contribution in [2.45, 2.75) is 31.6 Å². The fraction of sp³-hybridized carbons (Fsp3) is 0.0677. The maximum Gasteiger partial charge on any atom is 0.0562 e. The van der Waals surface area contributed by atoms with Crippen molar-refractivity contribution in [3.05, 3.63) is 526 Å². The van der Waals surface area contributed by atoms with E-state index in [1.165, 1.54) is 215 Å². The van der Waals surface area contributed by atoms with Crippen LogP contribution in [-0.2, 0) is 5.41 Å². The third-order valence-corrected chi connectivity index (χ3v) is 29.4. The van der Waals surface area contributed by atoms with Gasteiger partial charge in [0, 0.05) is 150 Å². The van der Waals surface area contributed by atoms with E-state index in [4.69, 9.17) is 0 Å². The fourth-order valence-electron chi connectivity index (χ4n) is 21.9. The molecule has 0 N–H and O–H groups in total. The Hall–Kier alpha value is -17.7. The molecule has 4 aromatic heterocycles. The van der Waals surface area contributed by atoms with Crippen LogP contribution in [0.4, 0.5) is 39.8 Å². The van der Waals surface area contributed by atoms with Crippen molar-refractivity contribution >= 4 is 159 Å². The number of allylic oxidation sites excluding steroid dienone is 3. The van der Waals surface area contributed by atoms with Crippen LogP contribution in [0.15, 0.2) is 509 Å². The van der Waals surface area contributed by atoms with Crippen molar-refractivity contribution in [1.82, 2.24) is 18.3 Å². The lowest BCUT2D eigenvalue weighted by atomic mass is 9.82. The average molecular weight is 1810 g/mol. The molecule has 0 amide bonds. The molecule has 4 heterocycles. The molecule has 0 spiro atoms. The molecule has 1 atom stereocenters. The molecule has 676 valence electrons. The number of rotatable bonds is 14. The summed E-state index contributed by atoms with van der Waals surface area (Å²) in [5.74, 6) is 0.416. The highest BCUT2D eigenvalue weighted by molar-refractivity contribution is 6.15. The van der Waals surface area contributed by atoms with E-state index in [2.05, 4.69) is 583 Å². The molecule has 1 unspecified atom stereocenters. The number of anilines is 7. The highest BCUT2D eigenvalue weighted by atomic mass is 15.1. The van der Waals surface area contributed by atoms with Crippen LogP contribution >= 0.6 is 0 Å². The second kappa shape index (κ2) is 36.4. The largest absolute Gasteiger partial charge is 0.345 e. The highest BCUT2D eigenvalue weighted by Crippen LogP contribution is 2.51. The van der Waals surface area contributed by atoms with Crippen LogP contribution < -0.4 is 19.6 Å². The van der Waals surface area contributed by atoms with Gasteiger partial charge in [0.1, 0.15) is 0 Å². The monoisotopic (exact) mass is 1810 g/mol. The highest BCUT2D eigenvalue weighted by Gasteiger charge is 2.36. The summed E-state index contributed by atoms with van der Waals surface area (Å²) in [7, 11) is 8.58. The Bertz CT molecular complexity index is 9010. The van der Waals surface area contributed by atoms with Crippen molar-refractivity contribution in [2.75, 3.05) is 47.8 Å². The van der Waals surface area contributed by atoms with E-state index in [1.807, 2.05) is 0 Å². The molecule has 0 aliphatic heterocycles. The number of para-hydroxylation sites is 7. The van der Waals surface area contributed by atoms with E-state index < -0.39 is 0 Å². The first-order chi connectivity index (χ1) is 69.4. The Kier molecular flexibility index (Phi) is 22.2. The summed E-state index contributed by atoms with van der Waals surface area (Å²) in [5.41, 5.74) is 33.4. The lowest BCUT2D eigenvalue weighted by Crippen LogP contribution is -2.17. The molecule has 0 bridgehead atoms. The first-order valence-electron chi connectivity index (χ1n) is 48.9. The normalized spacial score (nSPS) is 13.0. The third-order valence-electron chi connectivity index (χ3n) is 29.4. The Labute approximate surface area is 822 Å². The lowest BCUT2D eigenvalue weighted by molar-refractivity contribution is 0.660. The summed E-state index contributed by atoms with van der Waals surface area (Å²) in [4.78, 5) is 9.07. The Morgan fingerprint density at radius 2 is 0.567 bits per heavy atom. The number of nitrogens with zero attached hydrogens (tertiary/aromatic N) is 8. The van der Waals surface area contributed by atoms with E-state index in [0.29, 0.717) is 5.92 Å². The van der Waals surface area contributed by atoms with Gasteiger partial charge >= 0.3 is 0 Å². The zero-order valence-electron chi connectivity index (χ0n) is 79.8. The summed E-state index contributed by atoms with van der Waals surface area (Å²) >= 11 is 0. The maximum absolute atomic E-state index is 2.42. The smallest absolute Gasteiger partial charge is 0.0562 e. The molecule has 27 rings (SSSR count). The van der Waals surface area contributed by atoms with Crippen molar-refractivity contribution in [3.8, 4) is 45.0 Å². The predicted molar refractivity (Wildman–Crippen MR) is 602 cm³/mol. The minimum atomic E-state index is 0.00314. The number of aromatic nitrogens is 4. The molecular formula is C133H104N8. The zero-order chi connectivity index (χ0) is 94.8. The van der Waals surface area contributed by atoms with E-state index in [0.717, 1.165) is 17.8 Å². The molecular weight excluding hydrogens is 1710 g/mol. The molecule has 0 saturated carbocycles. The van der Waals surface area contributed by atoms with E-state index in [1.54, 1.807) is 0 Å². The Morgan fingerprint density at radius 3 is 1.04 bits per heavy atom. The van der Waals surface area contributed by atoms with E-state index in [-0.39, 0.29) is 5.41 Å². The molecule has 141 heavy (non-hydrogen) atoms. The van der Waals surface area contributed by atoms with Gasteiger partial charge in [-0.1, -0.05) is 354 Å². The standard InChI is InChI=1S/C35H28N2.C35H26N2.C34H28N2.C29H22N2/c1-36(29-18-16-26(17-19-29)28-15-14-25-8-2-3-9-27(25)24-28)30-20-22-31(23-21-30)37-34-12-6-4-10-32(34)33-11-5-7-13-35(33)37;1-36(28-20-18-26(19-21-28)25-10-3-2-4-11-25)29-22-23-32-31-15-7-8-16-34(31)37(35(32)24-29)33-17-9-13-27-12-5-6-14-30(27)33;1-34(2)30-13-7-4-10-26(30)27-21-20-25(22-31(27)34)35(3)23-16-18-24(19-17-23)36-32-14-8-5-11-28(32)29-12-6-9-15-33(29)36;1-30(22-12-3-2-4-13-22)23-18-19-26-25-15-7-8-16-28(25)31(29(26)20-23)27-17-9-11-21-10-5-6-14-24(21)27/h2-16,18-24,26H,17H2,1H3;2-24H,1H3;4-22H,1-3H3;2-20H,1H3. The molecule has 25 aromatic rings. The Morgan fingerprint density at radius 1 is 0.227 bits per heavy atom. The van der Waals surface area contributed by atoms with Gasteiger partial charge in [0.25, 0.3) is 0 Å². The van der Waals surface area contributed by atoms with Crippen molar-refractivity contribution in [3.63, 3.8) is 0 Å². The summed E-state index contributed by atoms with van der Waals surface area (Å²) < 4.78 is 9.56. The average Bonchev–Trinajstić information content (AvgIpc) is 1.60. The van der Waals surface area contributed by atoms with Gasteiger partial charge in [0.2, 0.25) is 0 Å². The van der Waals surface area contributed by atoms with Crippen LogP contribution in [0.25, 0.3) is 165 Å². The van der Waals surface area contributed by atoms with Crippen molar-refractivity contribution in [1.29, 1.82) is 0 Å². The fourth-order valence-corrected chi connectivity index (χ4v) is 21.9. The summed E-state index contributed by atoms with van der Waals surface area (Å²) in [5, 5.41) is 17.9.